The van der Waals surface area contributed by atoms with Crippen LogP contribution in [-0.2, 0) is 9.59 Å². The molecule has 4 aromatic heterocycles. The van der Waals surface area contributed by atoms with E-state index in [9.17, 15) is 10.2 Å². The predicted octanol–water partition coefficient (Wildman–Crippen LogP) is 14.3. The summed E-state index contributed by atoms with van der Waals surface area (Å²) in [4.78, 5) is 42.5. The maximum Gasteiger partial charge on any atom is 0.261 e. The van der Waals surface area contributed by atoms with E-state index in [1.807, 2.05) is 58.3 Å². The van der Waals surface area contributed by atoms with Gasteiger partial charge in [-0.1, -0.05) is 90.5 Å². The SMILES string of the molecule is CCCCC(CC)CN1C(=O)C2=C(c3ccc(-c4ccc(-c5ccccc5O)s4)s3)N(CC(CC)CCCC)C(=O)C2=C1c1ccc(-c2ccc(-c3ccccc3O)s2)s1. The monoisotopic (exact) mass is 872 g/mol. The topological polar surface area (TPSA) is 81.1 Å². The van der Waals surface area contributed by atoms with E-state index in [4.69, 9.17) is 0 Å². The molecule has 2 N–H and O–H groups in total. The normalized spacial score (nSPS) is 15.2. The zero-order valence-electron chi connectivity index (χ0n) is 34.7. The van der Waals surface area contributed by atoms with Crippen molar-refractivity contribution in [2.24, 2.45) is 11.8 Å². The van der Waals surface area contributed by atoms with Crippen LogP contribution in [0.25, 0.3) is 51.8 Å². The van der Waals surface area contributed by atoms with Crippen molar-refractivity contribution in [3.8, 4) is 51.9 Å². The minimum absolute atomic E-state index is 0.0803. The van der Waals surface area contributed by atoms with Crippen LogP contribution in [0.4, 0.5) is 0 Å². The summed E-state index contributed by atoms with van der Waals surface area (Å²) >= 11 is 6.51. The molecular weight excluding hydrogens is 821 g/mol. The molecule has 2 aromatic carbocycles. The van der Waals surface area contributed by atoms with Crippen molar-refractivity contribution in [2.75, 3.05) is 13.1 Å². The van der Waals surface area contributed by atoms with Crippen LogP contribution < -0.4 is 0 Å². The van der Waals surface area contributed by atoms with Gasteiger partial charge in [0.15, 0.2) is 0 Å². The number of amides is 2. The second-order valence-corrected chi connectivity index (χ2v) is 20.1. The summed E-state index contributed by atoms with van der Waals surface area (Å²) in [5, 5.41) is 21.1. The number of fused-ring (bicyclic) bond motifs is 1. The lowest BCUT2D eigenvalue weighted by Crippen LogP contribution is -2.34. The fourth-order valence-corrected chi connectivity index (χ4v) is 12.8. The van der Waals surface area contributed by atoms with Crippen LogP contribution in [0.2, 0.25) is 0 Å². The molecule has 310 valence electrons. The third-order valence-corrected chi connectivity index (χ3v) is 16.7. The van der Waals surface area contributed by atoms with E-state index >= 15 is 9.59 Å². The molecule has 0 aliphatic carbocycles. The summed E-state index contributed by atoms with van der Waals surface area (Å²) in [6.07, 6.45) is 8.32. The number of thiophene rings is 4. The lowest BCUT2D eigenvalue weighted by atomic mass is 9.98. The van der Waals surface area contributed by atoms with Gasteiger partial charge in [0, 0.05) is 53.5 Å². The number of benzene rings is 2. The number of para-hydroxylation sites is 2. The Balaban J connectivity index is 1.24. The van der Waals surface area contributed by atoms with E-state index in [0.29, 0.717) is 36.1 Å². The van der Waals surface area contributed by atoms with Crippen molar-refractivity contribution in [2.45, 2.75) is 79.1 Å². The van der Waals surface area contributed by atoms with Crippen LogP contribution in [0.3, 0.4) is 0 Å². The molecule has 6 aromatic rings. The summed E-state index contributed by atoms with van der Waals surface area (Å²) in [5.41, 5.74) is 4.16. The first-order valence-electron chi connectivity index (χ1n) is 21.3. The van der Waals surface area contributed by atoms with Crippen molar-refractivity contribution in [1.82, 2.24) is 9.80 Å². The Morgan fingerprint density at radius 2 is 0.800 bits per heavy atom. The molecule has 2 atom stereocenters. The van der Waals surface area contributed by atoms with Gasteiger partial charge in [-0.2, -0.15) is 0 Å². The van der Waals surface area contributed by atoms with E-state index in [1.54, 1.807) is 57.5 Å². The Morgan fingerprint density at radius 3 is 1.15 bits per heavy atom. The smallest absolute Gasteiger partial charge is 0.261 e. The Morgan fingerprint density at radius 1 is 0.467 bits per heavy atom. The minimum Gasteiger partial charge on any atom is -0.507 e. The first kappa shape index (κ1) is 42.0. The number of nitrogens with zero attached hydrogens (tertiary/aromatic N) is 2. The molecule has 2 aliphatic rings. The average molecular weight is 873 g/mol. The molecule has 0 saturated carbocycles. The van der Waals surface area contributed by atoms with Gasteiger partial charge in [0.05, 0.1) is 32.3 Å². The van der Waals surface area contributed by atoms with Crippen molar-refractivity contribution in [3.05, 3.63) is 118 Å². The quantitative estimate of drug-likeness (QED) is 0.0901. The first-order valence-corrected chi connectivity index (χ1v) is 24.6. The molecule has 60 heavy (non-hydrogen) atoms. The van der Waals surface area contributed by atoms with Gasteiger partial charge >= 0.3 is 0 Å². The number of hydrogen-bond acceptors (Lipinski definition) is 8. The lowest BCUT2D eigenvalue weighted by Gasteiger charge is -2.29. The van der Waals surface area contributed by atoms with E-state index in [0.717, 1.165) is 113 Å². The van der Waals surface area contributed by atoms with Gasteiger partial charge in [0.25, 0.3) is 11.8 Å². The van der Waals surface area contributed by atoms with E-state index in [2.05, 4.69) is 64.1 Å². The fourth-order valence-electron chi connectivity index (χ4n) is 8.40. The average Bonchev–Trinajstić information content (AvgIpc) is 4.13. The molecule has 0 saturated heterocycles. The Labute approximate surface area is 369 Å². The zero-order chi connectivity index (χ0) is 41.9. The van der Waals surface area contributed by atoms with Crippen molar-refractivity contribution in [1.29, 1.82) is 0 Å². The Kier molecular flexibility index (Phi) is 12.9. The highest BCUT2D eigenvalue weighted by atomic mass is 32.1. The molecule has 6 nitrogen and oxygen atoms in total. The number of rotatable bonds is 18. The molecule has 0 fully saturated rings. The first-order chi connectivity index (χ1) is 29.2. The standard InChI is InChI=1S/C50H52N2O4S4/c1-5-9-15-31(7-3)29-51-47(43-27-25-41(59-43)39-23-21-37(57-39)33-17-11-13-19-35(33)53)45-46(49(51)55)48(52(50(45)56)30-32(8-4)16-10-6-2)44-28-26-42(60-44)40-24-22-38(58-40)34-18-12-14-20-36(34)54/h11-14,17-28,31-32,53-54H,5-10,15-16,29-30H2,1-4H3. The molecule has 0 spiro atoms. The van der Waals surface area contributed by atoms with E-state index in [-0.39, 0.29) is 23.3 Å². The van der Waals surface area contributed by atoms with Crippen LogP contribution >= 0.6 is 45.3 Å². The van der Waals surface area contributed by atoms with Crippen molar-refractivity contribution >= 4 is 68.6 Å². The number of unbranched alkanes of at least 4 members (excludes halogenated alkanes) is 2. The third-order valence-electron chi connectivity index (χ3n) is 11.9. The van der Waals surface area contributed by atoms with E-state index in [1.165, 1.54) is 0 Å². The number of phenols is 2. The van der Waals surface area contributed by atoms with Crippen LogP contribution in [0.15, 0.2) is 108 Å². The molecule has 8 rings (SSSR count). The molecule has 2 aliphatic heterocycles. The largest absolute Gasteiger partial charge is 0.507 e. The van der Waals surface area contributed by atoms with E-state index < -0.39 is 0 Å². The highest BCUT2D eigenvalue weighted by Gasteiger charge is 2.50. The Hall–Kier alpha value is -4.74. The summed E-state index contributed by atoms with van der Waals surface area (Å²) in [5.74, 6) is 0.957. The second-order valence-electron chi connectivity index (χ2n) is 15.8. The van der Waals surface area contributed by atoms with Gasteiger partial charge < -0.3 is 20.0 Å². The molecule has 2 unspecified atom stereocenters. The number of phenolic OH excluding ortho intramolecular Hbond substituents is 2. The molecule has 0 bridgehead atoms. The molecule has 2 amide bonds. The minimum atomic E-state index is -0.0803. The highest BCUT2D eigenvalue weighted by Crippen LogP contribution is 2.52. The van der Waals surface area contributed by atoms with Gasteiger partial charge in [0.2, 0.25) is 0 Å². The molecule has 0 radical (unpaired) electrons. The van der Waals surface area contributed by atoms with Gasteiger partial charge in [-0.3, -0.25) is 9.59 Å². The van der Waals surface area contributed by atoms with Crippen molar-refractivity contribution in [3.63, 3.8) is 0 Å². The molecular formula is C50H52N2O4S4. The van der Waals surface area contributed by atoms with Crippen molar-refractivity contribution < 1.29 is 19.8 Å². The van der Waals surface area contributed by atoms with Crippen LogP contribution in [0, 0.1) is 11.8 Å². The van der Waals surface area contributed by atoms with Crippen LogP contribution in [-0.4, -0.2) is 44.9 Å². The van der Waals surface area contributed by atoms with Gasteiger partial charge in [-0.15, -0.1) is 45.3 Å². The number of carbonyl (C=O) groups excluding carboxylic acids is 2. The number of hydrogen-bond donors (Lipinski definition) is 2. The summed E-state index contributed by atoms with van der Waals surface area (Å²) in [6.45, 7) is 9.96. The number of carbonyl (C=O) groups is 2. The van der Waals surface area contributed by atoms with Crippen LogP contribution in [0.5, 0.6) is 11.5 Å². The molecule has 6 heterocycles. The number of aromatic hydroxyl groups is 2. The highest BCUT2D eigenvalue weighted by molar-refractivity contribution is 7.25. The summed E-state index contributed by atoms with van der Waals surface area (Å²) < 4.78 is 0. The second kappa shape index (κ2) is 18.5. The molecule has 10 heteroatoms. The maximum absolute atomic E-state index is 15.2. The summed E-state index contributed by atoms with van der Waals surface area (Å²) in [7, 11) is 0. The summed E-state index contributed by atoms with van der Waals surface area (Å²) in [6, 6.07) is 31.5. The lowest BCUT2D eigenvalue weighted by molar-refractivity contribution is -0.124. The van der Waals surface area contributed by atoms with Gasteiger partial charge in [0.1, 0.15) is 11.5 Å². The zero-order valence-corrected chi connectivity index (χ0v) is 38.0. The van der Waals surface area contributed by atoms with Crippen LogP contribution in [0.1, 0.15) is 88.8 Å². The van der Waals surface area contributed by atoms with Gasteiger partial charge in [-0.25, -0.2) is 0 Å². The van der Waals surface area contributed by atoms with Gasteiger partial charge in [-0.05, 0) is 97.5 Å². The predicted molar refractivity (Wildman–Crippen MR) is 253 cm³/mol. The third kappa shape index (κ3) is 8.19. The maximum atomic E-state index is 15.2. The Bertz CT molecular complexity index is 2390. The fraction of sp³-hybridized carbons (Fsp3) is 0.320.